The highest BCUT2D eigenvalue weighted by molar-refractivity contribution is 5.93. The van der Waals surface area contributed by atoms with Crippen LogP contribution in [0, 0.1) is 0 Å². The second-order valence-corrected chi connectivity index (χ2v) is 7.65. The first-order chi connectivity index (χ1) is 15.8. The Morgan fingerprint density at radius 2 is 1.94 bits per heavy atom. The molecule has 32 heavy (non-hydrogen) atoms. The van der Waals surface area contributed by atoms with Crippen LogP contribution < -0.4 is 0 Å². The van der Waals surface area contributed by atoms with E-state index in [-0.39, 0.29) is 0 Å². The number of pyridine rings is 3. The fourth-order valence-corrected chi connectivity index (χ4v) is 4.06. The van der Waals surface area contributed by atoms with Gasteiger partial charge in [-0.1, -0.05) is 30.4 Å². The monoisotopic (exact) mass is 417 g/mol. The Morgan fingerprint density at radius 3 is 2.78 bits per heavy atom. The number of allylic oxidation sites excluding steroid dienone is 3. The molecule has 0 unspecified atom stereocenters. The van der Waals surface area contributed by atoms with Gasteiger partial charge in [-0.3, -0.25) is 9.97 Å². The van der Waals surface area contributed by atoms with Gasteiger partial charge in [-0.05, 0) is 24.3 Å². The third-order valence-electron chi connectivity index (χ3n) is 5.59. The maximum atomic E-state index is 4.98. The normalized spacial score (nSPS) is 13.1. The van der Waals surface area contributed by atoms with Crippen molar-refractivity contribution in [1.29, 1.82) is 0 Å². The molecule has 5 aromatic rings. The van der Waals surface area contributed by atoms with Gasteiger partial charge in [0.05, 0.1) is 16.8 Å². The molecule has 0 atom stereocenters. The number of nitrogens with zero attached hydrogens (tertiary/aromatic N) is 6. The summed E-state index contributed by atoms with van der Waals surface area (Å²) in [4.78, 5) is 21.9. The maximum Gasteiger partial charge on any atom is 0.159 e. The van der Waals surface area contributed by atoms with Crippen molar-refractivity contribution < 1.29 is 0 Å². The standard InChI is InChI=1S/C25H19N7/c1-32-25-19(13-17(15-28-25)16-7-6-11-26-14-16)23(31-32)24-29-21-10-3-2-8-18(22(21)30-24)20-9-4-5-12-27-20/h2-9,11-15H,10H2,1H3,(H,29,30). The Hall–Kier alpha value is -4.39. The summed E-state index contributed by atoms with van der Waals surface area (Å²) in [5.74, 6) is 0.725. The van der Waals surface area contributed by atoms with Gasteiger partial charge < -0.3 is 4.98 Å². The lowest BCUT2D eigenvalue weighted by Crippen LogP contribution is -1.94. The van der Waals surface area contributed by atoms with Gasteiger partial charge in [0, 0.05) is 60.6 Å². The van der Waals surface area contributed by atoms with Gasteiger partial charge in [0.15, 0.2) is 11.5 Å². The van der Waals surface area contributed by atoms with Gasteiger partial charge in [0.2, 0.25) is 0 Å². The molecule has 7 nitrogen and oxygen atoms in total. The highest BCUT2D eigenvalue weighted by atomic mass is 15.3. The van der Waals surface area contributed by atoms with E-state index in [0.717, 1.165) is 62.8 Å². The van der Waals surface area contributed by atoms with Gasteiger partial charge in [-0.25, -0.2) is 14.6 Å². The number of imidazole rings is 1. The molecule has 1 aliphatic rings. The van der Waals surface area contributed by atoms with Crippen LogP contribution in [0.15, 0.2) is 79.4 Å². The molecule has 0 bridgehead atoms. The summed E-state index contributed by atoms with van der Waals surface area (Å²) in [6, 6.07) is 12.0. The first-order valence-electron chi connectivity index (χ1n) is 10.4. The number of nitrogens with one attached hydrogen (secondary N) is 1. The predicted octanol–water partition coefficient (Wildman–Crippen LogP) is 4.36. The first-order valence-corrected chi connectivity index (χ1v) is 10.4. The lowest BCUT2D eigenvalue weighted by atomic mass is 10.1. The van der Waals surface area contributed by atoms with Gasteiger partial charge >= 0.3 is 0 Å². The number of rotatable bonds is 3. The molecule has 5 aromatic heterocycles. The summed E-state index contributed by atoms with van der Waals surface area (Å²) in [5.41, 5.74) is 7.41. The average molecular weight is 417 g/mol. The van der Waals surface area contributed by atoms with E-state index in [0.29, 0.717) is 0 Å². The van der Waals surface area contributed by atoms with Crippen molar-refractivity contribution >= 4 is 16.6 Å². The van der Waals surface area contributed by atoms with Crippen LogP contribution in [-0.4, -0.2) is 34.7 Å². The van der Waals surface area contributed by atoms with E-state index >= 15 is 0 Å². The minimum atomic E-state index is 0.725. The molecule has 0 spiro atoms. The van der Waals surface area contributed by atoms with E-state index in [9.17, 15) is 0 Å². The second-order valence-electron chi connectivity index (χ2n) is 7.65. The van der Waals surface area contributed by atoms with E-state index in [2.05, 4.69) is 44.2 Å². The summed E-state index contributed by atoms with van der Waals surface area (Å²) in [6.45, 7) is 0. The van der Waals surface area contributed by atoms with Crippen LogP contribution in [0.5, 0.6) is 0 Å². The minimum Gasteiger partial charge on any atom is -0.340 e. The molecule has 0 aromatic carbocycles. The smallest absolute Gasteiger partial charge is 0.159 e. The van der Waals surface area contributed by atoms with E-state index in [1.165, 1.54) is 0 Å². The van der Waals surface area contributed by atoms with Crippen LogP contribution in [0.4, 0.5) is 0 Å². The number of aryl methyl sites for hydroxylation is 1. The predicted molar refractivity (Wildman–Crippen MR) is 123 cm³/mol. The van der Waals surface area contributed by atoms with Crippen LogP contribution in [0.3, 0.4) is 0 Å². The zero-order valence-electron chi connectivity index (χ0n) is 17.4. The quantitative estimate of drug-likeness (QED) is 0.471. The Bertz CT molecular complexity index is 1490. The molecule has 0 radical (unpaired) electrons. The van der Waals surface area contributed by atoms with E-state index in [4.69, 9.17) is 10.1 Å². The molecule has 7 heteroatoms. The molecule has 1 aliphatic carbocycles. The molecular formula is C25H19N7. The van der Waals surface area contributed by atoms with Gasteiger partial charge in [-0.15, -0.1) is 0 Å². The largest absolute Gasteiger partial charge is 0.340 e. The summed E-state index contributed by atoms with van der Waals surface area (Å²) >= 11 is 0. The number of hydrogen-bond acceptors (Lipinski definition) is 5. The van der Waals surface area contributed by atoms with Crippen molar-refractivity contribution in [2.75, 3.05) is 0 Å². The summed E-state index contributed by atoms with van der Waals surface area (Å²) < 4.78 is 1.79. The molecule has 0 fully saturated rings. The number of aromatic nitrogens is 7. The lowest BCUT2D eigenvalue weighted by Gasteiger charge is -2.03. The molecule has 5 heterocycles. The Kier molecular flexibility index (Phi) is 4.24. The number of H-pyrrole nitrogens is 1. The van der Waals surface area contributed by atoms with Crippen LogP contribution in [0.1, 0.15) is 17.1 Å². The molecular weight excluding hydrogens is 398 g/mol. The summed E-state index contributed by atoms with van der Waals surface area (Å²) in [6.07, 6.45) is 14.3. The van der Waals surface area contributed by atoms with Crippen molar-refractivity contribution in [2.45, 2.75) is 6.42 Å². The van der Waals surface area contributed by atoms with E-state index < -0.39 is 0 Å². The number of hydrogen-bond donors (Lipinski definition) is 1. The SMILES string of the molecule is Cn1nc(-c2nc3c([nH]2)CC=CC=C3c2ccccn2)c2cc(-c3cccnc3)cnc21. The summed E-state index contributed by atoms with van der Waals surface area (Å²) in [7, 11) is 1.90. The third-order valence-corrected chi connectivity index (χ3v) is 5.59. The van der Waals surface area contributed by atoms with Crippen molar-refractivity contribution in [3.8, 4) is 22.6 Å². The van der Waals surface area contributed by atoms with Gasteiger partial charge in [0.1, 0.15) is 5.69 Å². The van der Waals surface area contributed by atoms with Crippen LogP contribution in [0.2, 0.25) is 0 Å². The van der Waals surface area contributed by atoms with Crippen molar-refractivity contribution in [1.82, 2.24) is 34.7 Å². The van der Waals surface area contributed by atoms with Gasteiger partial charge in [-0.2, -0.15) is 5.10 Å². The topological polar surface area (TPSA) is 85.2 Å². The Morgan fingerprint density at radius 1 is 0.969 bits per heavy atom. The summed E-state index contributed by atoms with van der Waals surface area (Å²) in [5, 5.41) is 5.69. The minimum absolute atomic E-state index is 0.725. The fraction of sp³-hybridized carbons (Fsp3) is 0.0800. The Balaban J connectivity index is 1.51. The second kappa shape index (κ2) is 7.39. The van der Waals surface area contributed by atoms with E-state index in [1.807, 2.05) is 49.8 Å². The van der Waals surface area contributed by atoms with Crippen LogP contribution in [-0.2, 0) is 13.5 Å². The average Bonchev–Trinajstić information content (AvgIpc) is 3.34. The van der Waals surface area contributed by atoms with Crippen molar-refractivity contribution in [3.63, 3.8) is 0 Å². The molecule has 0 saturated heterocycles. The number of fused-ring (bicyclic) bond motifs is 2. The third kappa shape index (κ3) is 3.02. The van der Waals surface area contributed by atoms with Gasteiger partial charge in [0.25, 0.3) is 0 Å². The Labute approximate surface area is 184 Å². The first kappa shape index (κ1) is 18.4. The highest BCUT2D eigenvalue weighted by Gasteiger charge is 2.21. The molecule has 154 valence electrons. The molecule has 0 amide bonds. The fourth-order valence-electron chi connectivity index (χ4n) is 4.06. The zero-order valence-corrected chi connectivity index (χ0v) is 17.4. The molecule has 6 rings (SSSR count). The molecule has 0 saturated carbocycles. The zero-order chi connectivity index (χ0) is 21.5. The van der Waals surface area contributed by atoms with Crippen LogP contribution >= 0.6 is 0 Å². The highest BCUT2D eigenvalue weighted by Crippen LogP contribution is 2.32. The molecule has 0 aliphatic heterocycles. The lowest BCUT2D eigenvalue weighted by molar-refractivity contribution is 0.787. The molecule has 1 N–H and O–H groups in total. The van der Waals surface area contributed by atoms with Crippen LogP contribution in [0.25, 0.3) is 39.3 Å². The van der Waals surface area contributed by atoms with E-state index in [1.54, 1.807) is 17.1 Å². The maximum absolute atomic E-state index is 4.98. The van der Waals surface area contributed by atoms with Crippen molar-refractivity contribution in [3.05, 3.63) is 96.5 Å². The van der Waals surface area contributed by atoms with Crippen molar-refractivity contribution in [2.24, 2.45) is 7.05 Å². The number of aromatic amines is 1.